The fraction of sp³-hybridized carbons (Fsp3) is 0.750. The van der Waals surface area contributed by atoms with Crippen LogP contribution in [0, 0.1) is 0 Å². The molecule has 12 heavy (non-hydrogen) atoms. The van der Waals surface area contributed by atoms with Gasteiger partial charge in [0, 0.05) is 13.0 Å². The van der Waals surface area contributed by atoms with Crippen molar-refractivity contribution >= 4 is 13.8 Å². The van der Waals surface area contributed by atoms with Crippen molar-refractivity contribution in [2.45, 2.75) is 12.5 Å². The molecule has 0 aliphatic carbocycles. The van der Waals surface area contributed by atoms with Gasteiger partial charge in [-0.3, -0.25) is 9.79 Å². The third-order valence-electron chi connectivity index (χ3n) is 0.884. The molecule has 0 aromatic carbocycles. The molecule has 4 N–H and O–H groups in total. The van der Waals surface area contributed by atoms with Crippen LogP contribution in [0.2, 0.25) is 0 Å². The van der Waals surface area contributed by atoms with Gasteiger partial charge in [0.1, 0.15) is 0 Å². The van der Waals surface area contributed by atoms with Crippen LogP contribution in [0.3, 0.4) is 0 Å². The highest BCUT2D eigenvalue weighted by Gasteiger charge is 2.25. The van der Waals surface area contributed by atoms with E-state index in [0.717, 1.165) is 0 Å². The molecule has 0 aliphatic rings. The standard InChI is InChI=1S/C4H9O7P/c5-2-1-3(6)4(7)11-12(8,9)10/h3,5-6H,1-2H2,(H2,8,9,10). The van der Waals surface area contributed by atoms with Crippen molar-refractivity contribution < 1.29 is 33.9 Å². The highest BCUT2D eigenvalue weighted by atomic mass is 31.2. The highest BCUT2D eigenvalue weighted by molar-refractivity contribution is 7.46. The first kappa shape index (κ1) is 11.5. The molecule has 0 radical (unpaired) electrons. The lowest BCUT2D eigenvalue weighted by Gasteiger charge is -2.08. The third-order valence-corrected chi connectivity index (χ3v) is 1.30. The van der Waals surface area contributed by atoms with Crippen molar-refractivity contribution in [3.8, 4) is 0 Å². The van der Waals surface area contributed by atoms with E-state index in [1.54, 1.807) is 0 Å². The average Bonchev–Trinajstić information content (AvgIpc) is 1.84. The third kappa shape index (κ3) is 5.22. The molecule has 0 rings (SSSR count). The second-order valence-corrected chi connectivity index (χ2v) is 3.09. The lowest BCUT2D eigenvalue weighted by Crippen LogP contribution is -2.23. The van der Waals surface area contributed by atoms with E-state index in [1.165, 1.54) is 0 Å². The average molecular weight is 200 g/mol. The minimum atomic E-state index is -4.89. The second kappa shape index (κ2) is 4.54. The Hall–Kier alpha value is -0.460. The maximum Gasteiger partial charge on any atom is 0.527 e. The van der Waals surface area contributed by atoms with Crippen molar-refractivity contribution in [1.82, 2.24) is 0 Å². The van der Waals surface area contributed by atoms with Crippen LogP contribution in [0.5, 0.6) is 0 Å². The van der Waals surface area contributed by atoms with E-state index in [2.05, 4.69) is 4.52 Å². The number of hydrogen-bond acceptors (Lipinski definition) is 5. The summed E-state index contributed by atoms with van der Waals surface area (Å²) >= 11 is 0. The number of aliphatic hydroxyl groups is 2. The van der Waals surface area contributed by atoms with Crippen LogP contribution in [0.15, 0.2) is 0 Å². The van der Waals surface area contributed by atoms with Crippen LogP contribution in [0.4, 0.5) is 0 Å². The molecular weight excluding hydrogens is 191 g/mol. The predicted octanol–water partition coefficient (Wildman–Crippen LogP) is -1.63. The van der Waals surface area contributed by atoms with Gasteiger partial charge in [-0.25, -0.2) is 9.36 Å². The van der Waals surface area contributed by atoms with Crippen molar-refractivity contribution in [2.24, 2.45) is 0 Å². The van der Waals surface area contributed by atoms with Crippen LogP contribution in [-0.4, -0.2) is 38.7 Å². The van der Waals surface area contributed by atoms with Crippen LogP contribution in [0.25, 0.3) is 0 Å². The lowest BCUT2D eigenvalue weighted by molar-refractivity contribution is -0.145. The number of rotatable bonds is 4. The molecule has 0 heterocycles. The lowest BCUT2D eigenvalue weighted by atomic mass is 10.3. The summed E-state index contributed by atoms with van der Waals surface area (Å²) in [6, 6.07) is 0. The Balaban J connectivity index is 3.96. The van der Waals surface area contributed by atoms with Crippen LogP contribution < -0.4 is 0 Å². The first-order chi connectivity index (χ1) is 5.37. The molecular formula is C4H9O7P. The van der Waals surface area contributed by atoms with E-state index in [4.69, 9.17) is 20.0 Å². The Morgan fingerprint density at radius 2 is 2.00 bits per heavy atom. The molecule has 72 valence electrons. The molecule has 0 spiro atoms. The zero-order chi connectivity index (χ0) is 9.78. The van der Waals surface area contributed by atoms with Gasteiger partial charge >= 0.3 is 13.8 Å². The summed E-state index contributed by atoms with van der Waals surface area (Å²) < 4.78 is 13.5. The van der Waals surface area contributed by atoms with Crippen LogP contribution in [-0.2, 0) is 13.9 Å². The first-order valence-corrected chi connectivity index (χ1v) is 4.48. The maximum absolute atomic E-state index is 10.5. The summed E-state index contributed by atoms with van der Waals surface area (Å²) in [6.07, 6.45) is -2.03. The monoisotopic (exact) mass is 200 g/mol. The highest BCUT2D eigenvalue weighted by Crippen LogP contribution is 2.36. The number of aliphatic hydroxyl groups excluding tert-OH is 2. The minimum absolute atomic E-state index is 0.321. The number of carbonyl (C=O) groups excluding carboxylic acids is 1. The quantitative estimate of drug-likeness (QED) is 0.401. The SMILES string of the molecule is O=C(OP(=O)(O)O)C(O)CCO. The van der Waals surface area contributed by atoms with Crippen molar-refractivity contribution in [3.63, 3.8) is 0 Å². The summed E-state index contributed by atoms with van der Waals surface area (Å²) in [5.74, 6) is -1.45. The van der Waals surface area contributed by atoms with E-state index in [9.17, 15) is 9.36 Å². The van der Waals surface area contributed by atoms with Gasteiger partial charge < -0.3 is 14.7 Å². The number of hydrogen-bond donors (Lipinski definition) is 4. The van der Waals surface area contributed by atoms with Crippen molar-refractivity contribution in [3.05, 3.63) is 0 Å². The molecule has 0 amide bonds. The molecule has 0 saturated carbocycles. The molecule has 8 heteroatoms. The fourth-order valence-corrected chi connectivity index (χ4v) is 0.774. The van der Waals surface area contributed by atoms with Gasteiger partial charge in [-0.05, 0) is 0 Å². The van der Waals surface area contributed by atoms with E-state index >= 15 is 0 Å². The number of carbonyl (C=O) groups is 1. The zero-order valence-electron chi connectivity index (χ0n) is 5.95. The molecule has 0 bridgehead atoms. The summed E-state index contributed by atoms with van der Waals surface area (Å²) in [5.41, 5.74) is 0. The van der Waals surface area contributed by atoms with Crippen LogP contribution >= 0.6 is 7.82 Å². The van der Waals surface area contributed by atoms with Crippen molar-refractivity contribution in [2.75, 3.05) is 6.61 Å². The Morgan fingerprint density at radius 3 is 2.33 bits per heavy atom. The van der Waals surface area contributed by atoms with E-state index in [0.29, 0.717) is 0 Å². The molecule has 1 atom stereocenters. The summed E-state index contributed by atoms with van der Waals surface area (Å²) in [6.45, 7) is -0.475. The Bertz CT molecular complexity index is 196. The number of phosphoric ester groups is 1. The summed E-state index contributed by atoms with van der Waals surface area (Å²) in [4.78, 5) is 26.7. The zero-order valence-corrected chi connectivity index (χ0v) is 6.85. The molecule has 0 aromatic rings. The van der Waals surface area contributed by atoms with E-state index in [-0.39, 0.29) is 6.42 Å². The first-order valence-electron chi connectivity index (χ1n) is 2.94. The van der Waals surface area contributed by atoms with Gasteiger partial charge in [0.15, 0.2) is 6.10 Å². The molecule has 0 aliphatic heterocycles. The Labute approximate surface area is 67.8 Å². The largest absolute Gasteiger partial charge is 0.527 e. The predicted molar refractivity (Wildman–Crippen MR) is 35.8 cm³/mol. The Kier molecular flexibility index (Phi) is 4.36. The maximum atomic E-state index is 10.5. The topological polar surface area (TPSA) is 124 Å². The number of phosphoric acid groups is 1. The Morgan fingerprint density at radius 1 is 1.50 bits per heavy atom. The van der Waals surface area contributed by atoms with Gasteiger partial charge in [0.05, 0.1) is 0 Å². The van der Waals surface area contributed by atoms with Gasteiger partial charge in [-0.15, -0.1) is 0 Å². The molecule has 0 fully saturated rings. The van der Waals surface area contributed by atoms with Gasteiger partial charge in [0.2, 0.25) is 0 Å². The van der Waals surface area contributed by atoms with Gasteiger partial charge in [0.25, 0.3) is 0 Å². The van der Waals surface area contributed by atoms with E-state index in [1.807, 2.05) is 0 Å². The minimum Gasteiger partial charge on any atom is -0.396 e. The fourth-order valence-electron chi connectivity index (χ4n) is 0.418. The molecule has 7 nitrogen and oxygen atoms in total. The van der Waals surface area contributed by atoms with Crippen LogP contribution in [0.1, 0.15) is 6.42 Å². The smallest absolute Gasteiger partial charge is 0.396 e. The summed E-state index contributed by atoms with van der Waals surface area (Å²) in [5, 5.41) is 16.9. The van der Waals surface area contributed by atoms with Gasteiger partial charge in [-0.2, -0.15) is 0 Å². The van der Waals surface area contributed by atoms with Gasteiger partial charge in [-0.1, -0.05) is 0 Å². The molecule has 0 saturated heterocycles. The van der Waals surface area contributed by atoms with E-state index < -0.39 is 26.5 Å². The van der Waals surface area contributed by atoms with Crippen molar-refractivity contribution in [1.29, 1.82) is 0 Å². The normalized spacial score (nSPS) is 14.0. The molecule has 0 aromatic heterocycles. The summed E-state index contributed by atoms with van der Waals surface area (Å²) in [7, 11) is -4.89. The molecule has 1 unspecified atom stereocenters. The second-order valence-electron chi connectivity index (χ2n) is 1.93.